The minimum absolute atomic E-state index is 0.0594. The molecule has 0 spiro atoms. The highest BCUT2D eigenvalue weighted by Gasteiger charge is 2.17. The largest absolute Gasteiger partial charge is 0.326 e. The maximum absolute atomic E-state index is 12.8. The van der Waals surface area contributed by atoms with Gasteiger partial charge in [-0.3, -0.25) is 19.0 Å². The number of fused-ring (bicyclic) bond motifs is 1. The molecule has 9 heteroatoms. The van der Waals surface area contributed by atoms with Gasteiger partial charge in [0.05, 0.1) is 11.1 Å². The summed E-state index contributed by atoms with van der Waals surface area (Å²) in [6, 6.07) is 6.88. The van der Waals surface area contributed by atoms with Gasteiger partial charge in [-0.25, -0.2) is 4.98 Å². The van der Waals surface area contributed by atoms with E-state index < -0.39 is 0 Å². The van der Waals surface area contributed by atoms with Crippen molar-refractivity contribution >= 4 is 56.5 Å². The Bertz CT molecular complexity index is 1130. The van der Waals surface area contributed by atoms with Crippen LogP contribution in [0.15, 0.2) is 34.2 Å². The molecule has 29 heavy (non-hydrogen) atoms. The third-order valence-corrected chi connectivity index (χ3v) is 6.47. The number of carbonyl (C=O) groups is 2. The van der Waals surface area contributed by atoms with E-state index in [9.17, 15) is 14.4 Å². The van der Waals surface area contributed by atoms with Gasteiger partial charge in [0.2, 0.25) is 11.8 Å². The van der Waals surface area contributed by atoms with Crippen LogP contribution in [0, 0.1) is 13.8 Å². The SMILES string of the molecule is CCn1c(SCC(=O)Nc2ccc(NC(C)=O)cc2)nc2sc(C)c(C)c2c1=O. The van der Waals surface area contributed by atoms with E-state index in [1.807, 2.05) is 20.8 Å². The van der Waals surface area contributed by atoms with Crippen LogP contribution in [0.5, 0.6) is 0 Å². The summed E-state index contributed by atoms with van der Waals surface area (Å²) in [4.78, 5) is 42.7. The van der Waals surface area contributed by atoms with Gasteiger partial charge in [0.25, 0.3) is 5.56 Å². The van der Waals surface area contributed by atoms with Crippen LogP contribution >= 0.6 is 23.1 Å². The van der Waals surface area contributed by atoms with Gasteiger partial charge >= 0.3 is 0 Å². The molecule has 3 aromatic rings. The molecule has 1 aromatic carbocycles. The molecule has 0 unspecified atom stereocenters. The normalized spacial score (nSPS) is 10.9. The van der Waals surface area contributed by atoms with Crippen LogP contribution in [0.3, 0.4) is 0 Å². The lowest BCUT2D eigenvalue weighted by Crippen LogP contribution is -2.23. The molecule has 0 bridgehead atoms. The Hall–Kier alpha value is -2.65. The Morgan fingerprint density at radius 2 is 1.76 bits per heavy atom. The molecule has 2 aromatic heterocycles. The standard InChI is InChI=1S/C20H22N4O3S2/c1-5-24-19(27)17-11(2)12(3)29-18(17)23-20(24)28-10-16(26)22-15-8-6-14(7-9-15)21-13(4)25/h6-9H,5,10H2,1-4H3,(H,21,25)(H,22,26). The molecule has 2 heterocycles. The Morgan fingerprint density at radius 3 is 2.34 bits per heavy atom. The Kier molecular flexibility index (Phi) is 6.39. The van der Waals surface area contributed by atoms with Crippen molar-refractivity contribution in [3.05, 3.63) is 45.1 Å². The third kappa shape index (κ3) is 4.68. The number of nitrogens with zero attached hydrogens (tertiary/aromatic N) is 2. The van der Waals surface area contributed by atoms with Gasteiger partial charge in [-0.15, -0.1) is 11.3 Å². The highest BCUT2D eigenvalue weighted by atomic mass is 32.2. The number of aryl methyl sites for hydroxylation is 2. The van der Waals surface area contributed by atoms with E-state index in [0.717, 1.165) is 10.4 Å². The summed E-state index contributed by atoms with van der Waals surface area (Å²) in [6.45, 7) is 7.74. The number of rotatable bonds is 6. The van der Waals surface area contributed by atoms with Crippen molar-refractivity contribution in [1.29, 1.82) is 0 Å². The van der Waals surface area contributed by atoms with Crippen molar-refractivity contribution in [2.75, 3.05) is 16.4 Å². The van der Waals surface area contributed by atoms with E-state index in [1.54, 1.807) is 28.8 Å². The summed E-state index contributed by atoms with van der Waals surface area (Å²) in [5.41, 5.74) is 2.21. The van der Waals surface area contributed by atoms with E-state index in [2.05, 4.69) is 15.6 Å². The molecule has 0 saturated heterocycles. The summed E-state index contributed by atoms with van der Waals surface area (Å²) in [5.74, 6) is -0.215. The number of nitrogens with one attached hydrogen (secondary N) is 2. The maximum Gasteiger partial charge on any atom is 0.263 e. The second-order valence-corrected chi connectivity index (χ2v) is 8.65. The molecule has 0 aliphatic rings. The minimum atomic E-state index is -0.196. The first-order chi connectivity index (χ1) is 13.8. The average Bonchev–Trinajstić information content (AvgIpc) is 2.95. The van der Waals surface area contributed by atoms with Crippen LogP contribution in [0.1, 0.15) is 24.3 Å². The molecule has 3 rings (SSSR count). The summed E-state index contributed by atoms with van der Waals surface area (Å²) >= 11 is 2.74. The molecule has 2 amide bonds. The molecule has 0 fully saturated rings. The molecule has 0 atom stereocenters. The number of thiophene rings is 1. The van der Waals surface area contributed by atoms with Crippen molar-refractivity contribution in [3.63, 3.8) is 0 Å². The van der Waals surface area contributed by atoms with E-state index in [1.165, 1.54) is 30.0 Å². The predicted molar refractivity (Wildman–Crippen MR) is 119 cm³/mol. The van der Waals surface area contributed by atoms with Crippen molar-refractivity contribution in [2.45, 2.75) is 39.4 Å². The predicted octanol–water partition coefficient (Wildman–Crippen LogP) is 3.78. The summed E-state index contributed by atoms with van der Waals surface area (Å²) in [5, 5.41) is 6.70. The zero-order valence-corrected chi connectivity index (χ0v) is 18.3. The minimum Gasteiger partial charge on any atom is -0.326 e. The highest BCUT2D eigenvalue weighted by molar-refractivity contribution is 7.99. The van der Waals surface area contributed by atoms with Crippen LogP contribution in [0.4, 0.5) is 11.4 Å². The van der Waals surface area contributed by atoms with Crippen LogP contribution in [0.25, 0.3) is 10.2 Å². The summed E-state index contributed by atoms with van der Waals surface area (Å²) in [6.07, 6.45) is 0. The van der Waals surface area contributed by atoms with Gasteiger partial charge in [0, 0.05) is 29.7 Å². The van der Waals surface area contributed by atoms with Crippen LogP contribution < -0.4 is 16.2 Å². The average molecular weight is 431 g/mol. The van der Waals surface area contributed by atoms with Gasteiger partial charge in [-0.1, -0.05) is 11.8 Å². The van der Waals surface area contributed by atoms with E-state index in [0.29, 0.717) is 33.3 Å². The summed E-state index contributed by atoms with van der Waals surface area (Å²) < 4.78 is 1.61. The van der Waals surface area contributed by atoms with Gasteiger partial charge in [-0.2, -0.15) is 0 Å². The van der Waals surface area contributed by atoms with E-state index in [-0.39, 0.29) is 23.1 Å². The Labute approximate surface area is 176 Å². The number of hydrogen-bond acceptors (Lipinski definition) is 6. The topological polar surface area (TPSA) is 93.1 Å². The van der Waals surface area contributed by atoms with Gasteiger partial charge in [0.15, 0.2) is 5.16 Å². The number of aromatic nitrogens is 2. The monoisotopic (exact) mass is 430 g/mol. The second-order valence-electron chi connectivity index (χ2n) is 6.50. The second kappa shape index (κ2) is 8.79. The zero-order chi connectivity index (χ0) is 21.1. The molecular formula is C20H22N4O3S2. The molecule has 0 aliphatic carbocycles. The van der Waals surface area contributed by atoms with E-state index >= 15 is 0 Å². The first-order valence-corrected chi connectivity index (χ1v) is 10.9. The smallest absolute Gasteiger partial charge is 0.263 e. The Balaban J connectivity index is 1.72. The molecule has 7 nitrogen and oxygen atoms in total. The molecular weight excluding hydrogens is 408 g/mol. The van der Waals surface area contributed by atoms with Crippen molar-refractivity contribution in [3.8, 4) is 0 Å². The lowest BCUT2D eigenvalue weighted by atomic mass is 10.2. The van der Waals surface area contributed by atoms with Crippen molar-refractivity contribution < 1.29 is 9.59 Å². The fourth-order valence-corrected chi connectivity index (χ4v) is 4.80. The number of anilines is 2. The quantitative estimate of drug-likeness (QED) is 0.459. The van der Waals surface area contributed by atoms with Gasteiger partial charge in [-0.05, 0) is 50.6 Å². The third-order valence-electron chi connectivity index (χ3n) is 4.39. The number of hydrogen-bond donors (Lipinski definition) is 2. The number of amides is 2. The number of carbonyl (C=O) groups excluding carboxylic acids is 2. The first kappa shape index (κ1) is 21.1. The fourth-order valence-electron chi connectivity index (χ4n) is 2.87. The Morgan fingerprint density at radius 1 is 1.14 bits per heavy atom. The van der Waals surface area contributed by atoms with Crippen molar-refractivity contribution in [1.82, 2.24) is 9.55 Å². The zero-order valence-electron chi connectivity index (χ0n) is 16.7. The highest BCUT2D eigenvalue weighted by Crippen LogP contribution is 2.28. The van der Waals surface area contributed by atoms with Crippen LogP contribution in [0.2, 0.25) is 0 Å². The molecule has 0 aliphatic heterocycles. The summed E-state index contributed by atoms with van der Waals surface area (Å²) in [7, 11) is 0. The van der Waals surface area contributed by atoms with Crippen LogP contribution in [-0.2, 0) is 16.1 Å². The maximum atomic E-state index is 12.8. The van der Waals surface area contributed by atoms with Gasteiger partial charge in [0.1, 0.15) is 4.83 Å². The lowest BCUT2D eigenvalue weighted by molar-refractivity contribution is -0.114. The van der Waals surface area contributed by atoms with Gasteiger partial charge < -0.3 is 10.6 Å². The number of benzene rings is 1. The fraction of sp³-hybridized carbons (Fsp3) is 0.300. The first-order valence-electron chi connectivity index (χ1n) is 9.11. The number of thioether (sulfide) groups is 1. The molecule has 0 saturated carbocycles. The van der Waals surface area contributed by atoms with Crippen LogP contribution in [-0.4, -0.2) is 27.1 Å². The molecule has 152 valence electrons. The molecule has 0 radical (unpaired) electrons. The van der Waals surface area contributed by atoms with Crippen molar-refractivity contribution in [2.24, 2.45) is 0 Å². The lowest BCUT2D eigenvalue weighted by Gasteiger charge is -2.10. The molecule has 2 N–H and O–H groups in total. The van der Waals surface area contributed by atoms with E-state index in [4.69, 9.17) is 0 Å².